The molecule has 1 saturated heterocycles. The lowest BCUT2D eigenvalue weighted by atomic mass is 10.1. The Morgan fingerprint density at radius 3 is 2.89 bits per heavy atom. The van der Waals surface area contributed by atoms with Crippen LogP contribution in [0.2, 0.25) is 0 Å². The topological polar surface area (TPSA) is 98.9 Å². The van der Waals surface area contributed by atoms with E-state index in [1.54, 1.807) is 0 Å². The van der Waals surface area contributed by atoms with Crippen LogP contribution in [0, 0.1) is 10.1 Å². The number of nitro groups is 1. The number of ether oxygens (including phenoxy) is 2. The van der Waals surface area contributed by atoms with Crippen molar-refractivity contribution in [3.05, 3.63) is 33.9 Å². The molecule has 0 aromatic heterocycles. The zero-order valence-corrected chi connectivity index (χ0v) is 9.37. The van der Waals surface area contributed by atoms with Crippen LogP contribution in [0.1, 0.15) is 16.8 Å². The number of hydrogen-bond donors (Lipinski definition) is 1. The SMILES string of the molecule is O=C(O)c1ccc(OC2CCOC2)cc1[N+](=O)[O-]. The van der Waals surface area contributed by atoms with E-state index in [2.05, 4.69) is 0 Å². The van der Waals surface area contributed by atoms with Crippen LogP contribution in [0.15, 0.2) is 18.2 Å². The van der Waals surface area contributed by atoms with Gasteiger partial charge in [-0.2, -0.15) is 0 Å². The Hall–Kier alpha value is -2.15. The standard InChI is InChI=1S/C11H11NO6/c13-11(14)9-2-1-7(5-10(9)12(15)16)18-8-3-4-17-6-8/h1-2,5,8H,3-4,6H2,(H,13,14). The van der Waals surface area contributed by atoms with Crippen LogP contribution in [-0.2, 0) is 4.74 Å². The largest absolute Gasteiger partial charge is 0.488 e. The second-order valence-electron chi connectivity index (χ2n) is 3.84. The van der Waals surface area contributed by atoms with Crippen molar-refractivity contribution >= 4 is 11.7 Å². The molecule has 0 saturated carbocycles. The Balaban J connectivity index is 2.24. The molecular formula is C11H11NO6. The van der Waals surface area contributed by atoms with Crippen LogP contribution in [0.3, 0.4) is 0 Å². The van der Waals surface area contributed by atoms with E-state index in [9.17, 15) is 14.9 Å². The molecule has 7 heteroatoms. The predicted octanol–water partition coefficient (Wildman–Crippen LogP) is 1.46. The highest BCUT2D eigenvalue weighted by molar-refractivity contribution is 5.92. The maximum Gasteiger partial charge on any atom is 0.342 e. The Kier molecular flexibility index (Phi) is 3.42. The fourth-order valence-electron chi connectivity index (χ4n) is 1.71. The summed E-state index contributed by atoms with van der Waals surface area (Å²) < 4.78 is 10.6. The van der Waals surface area contributed by atoms with Gasteiger partial charge in [0.15, 0.2) is 0 Å². The number of aromatic carboxylic acids is 1. The van der Waals surface area contributed by atoms with E-state index in [1.807, 2.05) is 0 Å². The number of carbonyl (C=O) groups is 1. The summed E-state index contributed by atoms with van der Waals surface area (Å²) in [4.78, 5) is 20.9. The molecule has 96 valence electrons. The number of nitro benzene ring substituents is 1. The van der Waals surface area contributed by atoms with Crippen LogP contribution in [0.5, 0.6) is 5.75 Å². The second kappa shape index (κ2) is 5.01. The van der Waals surface area contributed by atoms with Crippen molar-refractivity contribution < 1.29 is 24.3 Å². The average Bonchev–Trinajstić information content (AvgIpc) is 2.81. The first-order valence-corrected chi connectivity index (χ1v) is 5.34. The van der Waals surface area contributed by atoms with Crippen LogP contribution < -0.4 is 4.74 Å². The third-order valence-corrected chi connectivity index (χ3v) is 2.59. The lowest BCUT2D eigenvalue weighted by Crippen LogP contribution is -2.16. The summed E-state index contributed by atoms with van der Waals surface area (Å²) in [6, 6.07) is 3.71. The summed E-state index contributed by atoms with van der Waals surface area (Å²) in [5.74, 6) is -1.06. The highest BCUT2D eigenvalue weighted by Crippen LogP contribution is 2.26. The molecule has 1 aliphatic heterocycles. The molecule has 7 nitrogen and oxygen atoms in total. The van der Waals surface area contributed by atoms with Crippen molar-refractivity contribution in [2.24, 2.45) is 0 Å². The minimum absolute atomic E-state index is 0.139. The van der Waals surface area contributed by atoms with Crippen molar-refractivity contribution in [1.82, 2.24) is 0 Å². The van der Waals surface area contributed by atoms with Crippen LogP contribution in [-0.4, -0.2) is 35.3 Å². The number of nitrogens with zero attached hydrogens (tertiary/aromatic N) is 1. The minimum atomic E-state index is -1.34. The van der Waals surface area contributed by atoms with Gasteiger partial charge in [0.05, 0.1) is 24.2 Å². The Bertz CT molecular complexity index is 480. The van der Waals surface area contributed by atoms with E-state index in [0.717, 1.165) is 6.07 Å². The summed E-state index contributed by atoms with van der Waals surface area (Å²) in [5, 5.41) is 19.6. The molecule has 0 radical (unpaired) electrons. The molecule has 2 rings (SSSR count). The number of benzene rings is 1. The van der Waals surface area contributed by atoms with E-state index < -0.39 is 16.6 Å². The van der Waals surface area contributed by atoms with Gasteiger partial charge >= 0.3 is 5.97 Å². The van der Waals surface area contributed by atoms with Gasteiger partial charge in [-0.25, -0.2) is 4.79 Å². The minimum Gasteiger partial charge on any atom is -0.488 e. The highest BCUT2D eigenvalue weighted by atomic mass is 16.6. The quantitative estimate of drug-likeness (QED) is 0.644. The molecule has 1 N–H and O–H groups in total. The summed E-state index contributed by atoms with van der Waals surface area (Å²) in [6.45, 7) is 1.04. The van der Waals surface area contributed by atoms with Gasteiger partial charge in [-0.1, -0.05) is 0 Å². The van der Waals surface area contributed by atoms with Gasteiger partial charge in [-0.3, -0.25) is 10.1 Å². The summed E-state index contributed by atoms with van der Waals surface area (Å²) >= 11 is 0. The predicted molar refractivity (Wildman–Crippen MR) is 59.9 cm³/mol. The summed E-state index contributed by atoms with van der Waals surface area (Å²) in [5.41, 5.74) is -0.825. The highest BCUT2D eigenvalue weighted by Gasteiger charge is 2.23. The molecule has 1 fully saturated rings. The first kappa shape index (κ1) is 12.3. The molecule has 1 aromatic carbocycles. The number of hydrogen-bond acceptors (Lipinski definition) is 5. The fraction of sp³-hybridized carbons (Fsp3) is 0.364. The third-order valence-electron chi connectivity index (χ3n) is 2.59. The molecule has 1 heterocycles. The van der Waals surface area contributed by atoms with Gasteiger partial charge < -0.3 is 14.6 Å². The lowest BCUT2D eigenvalue weighted by molar-refractivity contribution is -0.385. The van der Waals surface area contributed by atoms with E-state index in [-0.39, 0.29) is 17.4 Å². The summed E-state index contributed by atoms with van der Waals surface area (Å²) in [7, 11) is 0. The molecular weight excluding hydrogens is 242 g/mol. The third kappa shape index (κ3) is 2.57. The van der Waals surface area contributed by atoms with Gasteiger partial charge in [0.2, 0.25) is 0 Å². The molecule has 1 atom stereocenters. The average molecular weight is 253 g/mol. The van der Waals surface area contributed by atoms with Gasteiger partial charge in [-0.15, -0.1) is 0 Å². The normalized spacial score (nSPS) is 18.6. The first-order chi connectivity index (χ1) is 8.58. The van der Waals surface area contributed by atoms with Crippen molar-refractivity contribution in [1.29, 1.82) is 0 Å². The van der Waals surface area contributed by atoms with E-state index in [4.69, 9.17) is 14.6 Å². The van der Waals surface area contributed by atoms with E-state index in [1.165, 1.54) is 12.1 Å². The lowest BCUT2D eigenvalue weighted by Gasteiger charge is -2.11. The molecule has 0 amide bonds. The number of carboxylic acids is 1. The van der Waals surface area contributed by atoms with Crippen LogP contribution in [0.25, 0.3) is 0 Å². The molecule has 1 aromatic rings. The van der Waals surface area contributed by atoms with E-state index >= 15 is 0 Å². The molecule has 1 aliphatic rings. The van der Waals surface area contributed by atoms with Crippen LogP contribution in [0.4, 0.5) is 5.69 Å². The van der Waals surface area contributed by atoms with Crippen molar-refractivity contribution in [2.45, 2.75) is 12.5 Å². The summed E-state index contributed by atoms with van der Waals surface area (Å²) in [6.07, 6.45) is 0.578. The van der Waals surface area contributed by atoms with Gasteiger partial charge in [0.1, 0.15) is 17.4 Å². The first-order valence-electron chi connectivity index (χ1n) is 5.34. The maximum atomic E-state index is 10.8. The zero-order valence-electron chi connectivity index (χ0n) is 9.37. The molecule has 1 unspecified atom stereocenters. The van der Waals surface area contributed by atoms with Gasteiger partial charge in [0.25, 0.3) is 5.69 Å². The monoisotopic (exact) mass is 253 g/mol. The van der Waals surface area contributed by atoms with Gasteiger partial charge in [-0.05, 0) is 12.1 Å². The van der Waals surface area contributed by atoms with Crippen molar-refractivity contribution in [2.75, 3.05) is 13.2 Å². The van der Waals surface area contributed by atoms with Crippen LogP contribution >= 0.6 is 0 Å². The molecule has 0 aliphatic carbocycles. The maximum absolute atomic E-state index is 10.8. The zero-order chi connectivity index (χ0) is 13.1. The molecule has 0 bridgehead atoms. The smallest absolute Gasteiger partial charge is 0.342 e. The van der Waals surface area contributed by atoms with E-state index in [0.29, 0.717) is 19.6 Å². The number of rotatable bonds is 4. The Labute approximate surface area is 102 Å². The Morgan fingerprint density at radius 2 is 2.33 bits per heavy atom. The number of carboxylic acid groups (broad SMARTS) is 1. The van der Waals surface area contributed by atoms with Gasteiger partial charge in [0, 0.05) is 6.42 Å². The fourth-order valence-corrected chi connectivity index (χ4v) is 1.71. The van der Waals surface area contributed by atoms with Crippen molar-refractivity contribution in [3.8, 4) is 5.75 Å². The molecule has 18 heavy (non-hydrogen) atoms. The molecule has 0 spiro atoms. The second-order valence-corrected chi connectivity index (χ2v) is 3.84. The Morgan fingerprint density at radius 1 is 1.56 bits per heavy atom. The van der Waals surface area contributed by atoms with Crippen molar-refractivity contribution in [3.63, 3.8) is 0 Å².